The maximum absolute atomic E-state index is 12.8. The van der Waals surface area contributed by atoms with Crippen LogP contribution in [0.25, 0.3) is 22.5 Å². The van der Waals surface area contributed by atoms with E-state index in [9.17, 15) is 29.6 Å². The van der Waals surface area contributed by atoms with Crippen LogP contribution in [-0.2, 0) is 67.1 Å². The van der Waals surface area contributed by atoms with E-state index in [1.807, 2.05) is 68.7 Å². The van der Waals surface area contributed by atoms with Crippen LogP contribution < -0.4 is 31.9 Å². The van der Waals surface area contributed by atoms with E-state index in [0.29, 0.717) is 127 Å². The maximum atomic E-state index is 12.8. The maximum Gasteiger partial charge on any atom is 0.246 e. The van der Waals surface area contributed by atoms with Crippen molar-refractivity contribution in [1.29, 1.82) is 0 Å². The van der Waals surface area contributed by atoms with Gasteiger partial charge in [-0.15, -0.1) is 10.2 Å². The Morgan fingerprint density at radius 1 is 0.632 bits per heavy atom. The van der Waals surface area contributed by atoms with Gasteiger partial charge in [0.25, 0.3) is 0 Å². The van der Waals surface area contributed by atoms with Gasteiger partial charge < -0.3 is 75.3 Å². The molecule has 0 unspecified atom stereocenters. The van der Waals surface area contributed by atoms with E-state index in [0.717, 1.165) is 66.6 Å². The van der Waals surface area contributed by atoms with Gasteiger partial charge in [0.15, 0.2) is 5.15 Å². The number of aromatic amines is 1. The molecule has 4 aromatic rings. The molecule has 484 valence electrons. The molecule has 0 fully saturated rings. The van der Waals surface area contributed by atoms with Crippen LogP contribution in [0, 0.1) is 5.92 Å². The molecule has 87 heavy (non-hydrogen) atoms. The zero-order chi connectivity index (χ0) is 63.1. The number of nitrogens with zero attached hydrogens (tertiary/aromatic N) is 7. The number of hydrogen-bond acceptors (Lipinski definition) is 20. The van der Waals surface area contributed by atoms with Crippen molar-refractivity contribution in [1.82, 2.24) is 62.1 Å². The summed E-state index contributed by atoms with van der Waals surface area (Å²) in [5, 5.41) is 58.3. The molecule has 0 bridgehead atoms. The quantitative estimate of drug-likeness (QED) is 0.0118. The molecule has 0 aliphatic heterocycles. The minimum Gasteiger partial charge on any atom is -0.411 e. The number of imidazole rings is 1. The highest BCUT2D eigenvalue weighted by Crippen LogP contribution is 2.30. The third-order valence-electron chi connectivity index (χ3n) is 14.6. The summed E-state index contributed by atoms with van der Waals surface area (Å²) in [4.78, 5) is 54.7. The summed E-state index contributed by atoms with van der Waals surface area (Å²) in [6.07, 6.45) is 6.01. The van der Waals surface area contributed by atoms with E-state index in [1.165, 1.54) is 0 Å². The van der Waals surface area contributed by atoms with Crippen molar-refractivity contribution in [2.75, 3.05) is 112 Å². The minimum absolute atomic E-state index is 0.0997. The summed E-state index contributed by atoms with van der Waals surface area (Å²) < 4.78 is 35.1. The van der Waals surface area contributed by atoms with Crippen molar-refractivity contribution < 1.29 is 58.0 Å². The van der Waals surface area contributed by atoms with E-state index >= 15 is 0 Å². The molecule has 0 radical (unpaired) electrons. The summed E-state index contributed by atoms with van der Waals surface area (Å²) in [7, 11) is 0. The second kappa shape index (κ2) is 41.6. The molecule has 2 aromatic carbocycles. The highest BCUT2D eigenvalue weighted by molar-refractivity contribution is 6.30. The summed E-state index contributed by atoms with van der Waals surface area (Å²) >= 11 is 6.66. The van der Waals surface area contributed by atoms with Gasteiger partial charge in [0.05, 0.1) is 101 Å². The van der Waals surface area contributed by atoms with Crippen LogP contribution in [-0.4, -0.2) is 199 Å². The molecule has 4 rings (SSSR count). The Kier molecular flexibility index (Phi) is 34.9. The van der Waals surface area contributed by atoms with Crippen molar-refractivity contribution >= 4 is 46.7 Å². The monoisotopic (exact) mass is 1240 g/mol. The van der Waals surface area contributed by atoms with Crippen molar-refractivity contribution in [3.8, 4) is 22.5 Å². The van der Waals surface area contributed by atoms with Crippen LogP contribution in [0.3, 0.4) is 0 Å². The Morgan fingerprint density at radius 3 is 1.64 bits per heavy atom. The Morgan fingerprint density at radius 2 is 1.13 bits per heavy atom. The smallest absolute Gasteiger partial charge is 0.246 e. The number of aryl methyl sites for hydroxylation is 1. The van der Waals surface area contributed by atoms with Gasteiger partial charge in [-0.05, 0) is 115 Å². The molecule has 0 aliphatic carbocycles. The van der Waals surface area contributed by atoms with E-state index in [-0.39, 0.29) is 69.4 Å². The standard InChI is InChI=1S/C60H95ClN14O12/c1-8-9-15-52-68-57(61)51(75(52)41-47-18-20-48(21-19-47)49-13-10-11-14-50(49)58-69-73-74-70-58)40-65-56(79)43-87-42-55(78)64-29-31-83-33-35-85-37-39-86-38-36-84-34-32-82-30-28-63-54(77)17-12-16-53(76)62-25-22-46(23-26-66-59(4,5)44(2)71-80)24-27-67-60(6,7)45(3)72-81/h10-11,13-14,18-21,46,66-67,80-81H,8-9,12,15-17,22-43H2,1-7H3,(H,62,76)(H,63,77)(H,64,78)(H,65,79)(H,69,70,73,74)/b71-44-,72-45-. The van der Waals surface area contributed by atoms with Crippen LogP contribution in [0.5, 0.6) is 0 Å². The average molecular weight is 1240 g/mol. The molecule has 0 spiro atoms. The first-order chi connectivity index (χ1) is 42.0. The topological polar surface area (TPSA) is 333 Å². The number of hydrogen-bond donors (Lipinski definition) is 9. The van der Waals surface area contributed by atoms with Crippen LogP contribution >= 0.6 is 11.6 Å². The molecule has 9 N–H and O–H groups in total. The van der Waals surface area contributed by atoms with Gasteiger partial charge in [-0.3, -0.25) is 19.2 Å². The van der Waals surface area contributed by atoms with Gasteiger partial charge in [0, 0.05) is 51.0 Å². The molecular formula is C60H95ClN14O12. The molecular weight excluding hydrogens is 1140 g/mol. The Hall–Kier alpha value is -6.49. The van der Waals surface area contributed by atoms with Gasteiger partial charge in [-0.25, -0.2) is 4.98 Å². The molecule has 27 heteroatoms. The number of amides is 4. The fraction of sp³-hybridized carbons (Fsp3) is 0.633. The van der Waals surface area contributed by atoms with Gasteiger partial charge >= 0.3 is 0 Å². The number of unbranched alkanes of at least 4 members (excludes halogenated alkanes) is 1. The Balaban J connectivity index is 0.934. The molecule has 4 amide bonds. The van der Waals surface area contributed by atoms with E-state index in [4.69, 9.17) is 40.0 Å². The number of tetrazole rings is 1. The third-order valence-corrected chi connectivity index (χ3v) is 14.9. The fourth-order valence-corrected chi connectivity index (χ4v) is 8.98. The highest BCUT2D eigenvalue weighted by atomic mass is 35.5. The first-order valence-electron chi connectivity index (χ1n) is 30.0. The first kappa shape index (κ1) is 73.0. The lowest BCUT2D eigenvalue weighted by atomic mass is 9.94. The van der Waals surface area contributed by atoms with Crippen LogP contribution in [0.1, 0.15) is 117 Å². The predicted molar refractivity (Wildman–Crippen MR) is 331 cm³/mol. The van der Waals surface area contributed by atoms with E-state index in [1.54, 1.807) is 13.8 Å². The summed E-state index contributed by atoms with van der Waals surface area (Å²) in [6, 6.07) is 16.1. The highest BCUT2D eigenvalue weighted by Gasteiger charge is 2.25. The Bertz CT molecular complexity index is 2640. The molecule has 2 heterocycles. The third kappa shape index (κ3) is 28.9. The number of rotatable bonds is 48. The van der Waals surface area contributed by atoms with Crippen LogP contribution in [0.4, 0.5) is 0 Å². The molecule has 0 aliphatic rings. The van der Waals surface area contributed by atoms with Gasteiger partial charge in [-0.2, -0.15) is 5.21 Å². The number of halogens is 1. The number of oxime groups is 2. The molecule has 2 aromatic heterocycles. The number of carbonyl (C=O) groups excluding carboxylic acids is 4. The number of ether oxygens (including phenoxy) is 6. The predicted octanol–water partition coefficient (Wildman–Crippen LogP) is 5.23. The zero-order valence-corrected chi connectivity index (χ0v) is 52.7. The average Bonchev–Trinajstić information content (AvgIpc) is 2.44. The van der Waals surface area contributed by atoms with Crippen molar-refractivity contribution in [2.45, 2.75) is 130 Å². The van der Waals surface area contributed by atoms with Crippen molar-refractivity contribution in [3.05, 3.63) is 70.8 Å². The zero-order valence-electron chi connectivity index (χ0n) is 52.0. The van der Waals surface area contributed by atoms with Gasteiger partial charge in [-0.1, -0.05) is 83.8 Å². The van der Waals surface area contributed by atoms with Crippen LogP contribution in [0.2, 0.25) is 5.15 Å². The molecule has 0 saturated heterocycles. The molecule has 0 atom stereocenters. The second-order valence-corrected chi connectivity index (χ2v) is 22.2. The molecule has 26 nitrogen and oxygen atoms in total. The normalized spacial score (nSPS) is 12.2. The van der Waals surface area contributed by atoms with E-state index < -0.39 is 17.0 Å². The minimum atomic E-state index is -0.462. The lowest BCUT2D eigenvalue weighted by Gasteiger charge is -2.28. The fourth-order valence-electron chi connectivity index (χ4n) is 8.71. The Labute approximate surface area is 516 Å². The number of H-pyrrole nitrogens is 1. The summed E-state index contributed by atoms with van der Waals surface area (Å²) in [5.74, 6) is 0.606. The van der Waals surface area contributed by atoms with Crippen LogP contribution in [0.15, 0.2) is 58.8 Å². The van der Waals surface area contributed by atoms with Gasteiger partial charge in [0.2, 0.25) is 29.5 Å². The van der Waals surface area contributed by atoms with Gasteiger partial charge in [0.1, 0.15) is 19.0 Å². The lowest BCUT2D eigenvalue weighted by Crippen LogP contribution is -2.47. The summed E-state index contributed by atoms with van der Waals surface area (Å²) in [5.41, 5.74) is 4.80. The largest absolute Gasteiger partial charge is 0.411 e. The second-order valence-electron chi connectivity index (χ2n) is 21.9. The SMILES string of the molecule is CCCCc1nc(Cl)c(CNC(=O)COCC(=O)NCCOCCOCCOCCOCCOCCNC(=O)CCCC(=O)NCCC(CCNC(C)(C)/C(C)=N\O)CCNC(C)(C)/C(C)=N\O)n1Cc1ccc(-c2ccccc2-c2nn[nH]n2)cc1. The number of aromatic nitrogens is 6. The number of nitrogens with one attached hydrogen (secondary N) is 7. The lowest BCUT2D eigenvalue weighted by molar-refractivity contribution is -0.131. The molecule has 0 saturated carbocycles. The van der Waals surface area contributed by atoms with Crippen molar-refractivity contribution in [3.63, 3.8) is 0 Å². The summed E-state index contributed by atoms with van der Waals surface area (Å²) in [6.45, 7) is 19.6. The number of carbonyl (C=O) groups is 4. The number of benzene rings is 2. The van der Waals surface area contributed by atoms with E-state index in [2.05, 4.69) is 86.9 Å². The first-order valence-corrected chi connectivity index (χ1v) is 30.4. The van der Waals surface area contributed by atoms with Crippen molar-refractivity contribution in [2.24, 2.45) is 16.2 Å².